The number of nitrogens with zero attached hydrogens (tertiary/aromatic N) is 3. The standard InChI is InChI=1S/C15H11N3S/c1-18-10-12(9-17-18)19-15-7-6-11(8-16)13-4-2-3-5-14(13)15/h2-7,9-10H,1H3. The molecule has 19 heavy (non-hydrogen) atoms. The van der Waals surface area contributed by atoms with Gasteiger partial charge in [0.05, 0.1) is 22.7 Å². The quantitative estimate of drug-likeness (QED) is 0.711. The Morgan fingerprint density at radius 3 is 2.63 bits per heavy atom. The first-order valence-corrected chi connectivity index (χ1v) is 6.68. The maximum Gasteiger partial charge on any atom is 0.0998 e. The summed E-state index contributed by atoms with van der Waals surface area (Å²) in [6.07, 6.45) is 3.83. The van der Waals surface area contributed by atoms with Crippen LogP contribution in [0.1, 0.15) is 5.56 Å². The fourth-order valence-electron chi connectivity index (χ4n) is 2.04. The molecule has 0 unspecified atom stereocenters. The molecule has 92 valence electrons. The summed E-state index contributed by atoms with van der Waals surface area (Å²) >= 11 is 1.66. The normalized spacial score (nSPS) is 10.5. The highest BCUT2D eigenvalue weighted by molar-refractivity contribution is 7.99. The van der Waals surface area contributed by atoms with Crippen LogP contribution in [-0.4, -0.2) is 9.78 Å². The van der Waals surface area contributed by atoms with Crippen LogP contribution >= 0.6 is 11.8 Å². The molecular formula is C15H11N3S. The molecule has 0 aliphatic carbocycles. The Morgan fingerprint density at radius 2 is 1.95 bits per heavy atom. The summed E-state index contributed by atoms with van der Waals surface area (Å²) in [5, 5.41) is 15.4. The zero-order chi connectivity index (χ0) is 13.2. The fraction of sp³-hybridized carbons (Fsp3) is 0.0667. The number of fused-ring (bicyclic) bond motifs is 1. The number of benzene rings is 2. The second kappa shape index (κ2) is 4.79. The zero-order valence-electron chi connectivity index (χ0n) is 10.4. The van der Waals surface area contributed by atoms with E-state index < -0.39 is 0 Å². The monoisotopic (exact) mass is 265 g/mol. The SMILES string of the molecule is Cn1cc(Sc2ccc(C#N)c3ccccc23)cn1. The van der Waals surface area contributed by atoms with Crippen LogP contribution in [-0.2, 0) is 7.05 Å². The van der Waals surface area contributed by atoms with Crippen molar-refractivity contribution in [2.24, 2.45) is 7.05 Å². The van der Waals surface area contributed by atoms with Gasteiger partial charge >= 0.3 is 0 Å². The number of nitriles is 1. The van der Waals surface area contributed by atoms with E-state index in [1.807, 2.05) is 49.8 Å². The van der Waals surface area contributed by atoms with E-state index in [1.165, 1.54) is 0 Å². The number of rotatable bonds is 2. The fourth-order valence-corrected chi connectivity index (χ4v) is 3.02. The van der Waals surface area contributed by atoms with Crippen LogP contribution in [0.4, 0.5) is 0 Å². The maximum atomic E-state index is 9.15. The second-order valence-corrected chi connectivity index (χ2v) is 5.34. The third-order valence-corrected chi connectivity index (χ3v) is 3.94. The van der Waals surface area contributed by atoms with Crippen LogP contribution in [0.2, 0.25) is 0 Å². The molecule has 0 N–H and O–H groups in total. The Morgan fingerprint density at radius 1 is 1.16 bits per heavy atom. The molecule has 0 bridgehead atoms. The average Bonchev–Trinajstić information content (AvgIpc) is 2.85. The minimum absolute atomic E-state index is 0.714. The van der Waals surface area contributed by atoms with Crippen molar-refractivity contribution >= 4 is 22.5 Å². The summed E-state index contributed by atoms with van der Waals surface area (Å²) in [5.41, 5.74) is 0.714. The smallest absolute Gasteiger partial charge is 0.0998 e. The predicted octanol–water partition coefficient (Wildman–Crippen LogP) is 3.60. The minimum Gasteiger partial charge on any atom is -0.275 e. The summed E-state index contributed by atoms with van der Waals surface area (Å²) < 4.78 is 1.79. The topological polar surface area (TPSA) is 41.6 Å². The van der Waals surface area contributed by atoms with Crippen LogP contribution in [0.15, 0.2) is 58.6 Å². The maximum absolute atomic E-state index is 9.15. The van der Waals surface area contributed by atoms with Crippen molar-refractivity contribution in [2.75, 3.05) is 0 Å². The Bertz CT molecular complexity index is 783. The van der Waals surface area contributed by atoms with Crippen LogP contribution in [0.25, 0.3) is 10.8 Å². The van der Waals surface area contributed by atoms with Gasteiger partial charge in [-0.2, -0.15) is 10.4 Å². The van der Waals surface area contributed by atoms with Gasteiger partial charge in [-0.3, -0.25) is 4.68 Å². The highest BCUT2D eigenvalue weighted by Gasteiger charge is 2.07. The molecule has 0 radical (unpaired) electrons. The number of hydrogen-bond acceptors (Lipinski definition) is 3. The van der Waals surface area contributed by atoms with Crippen molar-refractivity contribution in [1.29, 1.82) is 5.26 Å². The van der Waals surface area contributed by atoms with Crippen LogP contribution < -0.4 is 0 Å². The van der Waals surface area contributed by atoms with Crippen LogP contribution in [0.3, 0.4) is 0 Å². The first kappa shape index (κ1) is 11.8. The summed E-state index contributed by atoms with van der Waals surface area (Å²) in [5.74, 6) is 0. The Kier molecular flexibility index (Phi) is 2.98. The van der Waals surface area contributed by atoms with Crippen molar-refractivity contribution in [2.45, 2.75) is 9.79 Å². The van der Waals surface area contributed by atoms with E-state index >= 15 is 0 Å². The molecular weight excluding hydrogens is 254 g/mol. The van der Waals surface area contributed by atoms with E-state index in [9.17, 15) is 0 Å². The Balaban J connectivity index is 2.12. The number of hydrogen-bond donors (Lipinski definition) is 0. The molecule has 0 aliphatic heterocycles. The van der Waals surface area contributed by atoms with Gasteiger partial charge in [-0.25, -0.2) is 0 Å². The lowest BCUT2D eigenvalue weighted by molar-refractivity contribution is 0.766. The summed E-state index contributed by atoms with van der Waals surface area (Å²) in [6, 6.07) is 14.1. The van der Waals surface area contributed by atoms with Gasteiger partial charge in [0.25, 0.3) is 0 Å². The molecule has 3 aromatic rings. The van der Waals surface area contributed by atoms with Gasteiger partial charge in [0, 0.05) is 23.5 Å². The number of aryl methyl sites for hydroxylation is 1. The molecule has 0 aliphatic rings. The molecule has 1 heterocycles. The molecule has 0 amide bonds. The van der Waals surface area contributed by atoms with Gasteiger partial charge in [-0.15, -0.1) is 0 Å². The van der Waals surface area contributed by atoms with Gasteiger partial charge in [0.15, 0.2) is 0 Å². The highest BCUT2D eigenvalue weighted by Crippen LogP contribution is 2.34. The third-order valence-electron chi connectivity index (χ3n) is 2.91. The van der Waals surface area contributed by atoms with E-state index in [2.05, 4.69) is 17.2 Å². The molecule has 3 rings (SSSR count). The van der Waals surface area contributed by atoms with Gasteiger partial charge in [-0.05, 0) is 17.5 Å². The lowest BCUT2D eigenvalue weighted by Gasteiger charge is -2.06. The molecule has 0 saturated carbocycles. The Hall–Kier alpha value is -2.25. The minimum atomic E-state index is 0.714. The van der Waals surface area contributed by atoms with Gasteiger partial charge in [0.2, 0.25) is 0 Å². The van der Waals surface area contributed by atoms with Gasteiger partial charge in [-0.1, -0.05) is 36.0 Å². The highest BCUT2D eigenvalue weighted by atomic mass is 32.2. The largest absolute Gasteiger partial charge is 0.275 e. The van der Waals surface area contributed by atoms with E-state index in [0.717, 1.165) is 20.6 Å². The molecule has 3 nitrogen and oxygen atoms in total. The Labute approximate surface area is 115 Å². The predicted molar refractivity (Wildman–Crippen MR) is 76.0 cm³/mol. The third kappa shape index (κ3) is 2.20. The van der Waals surface area contributed by atoms with Crippen molar-refractivity contribution in [3.8, 4) is 6.07 Å². The first-order chi connectivity index (χ1) is 9.28. The second-order valence-electron chi connectivity index (χ2n) is 4.22. The van der Waals surface area contributed by atoms with Gasteiger partial charge in [0.1, 0.15) is 0 Å². The lowest BCUT2D eigenvalue weighted by Crippen LogP contribution is -1.84. The summed E-state index contributed by atoms with van der Waals surface area (Å²) in [4.78, 5) is 2.24. The molecule has 0 spiro atoms. The van der Waals surface area contributed by atoms with E-state index in [1.54, 1.807) is 16.4 Å². The van der Waals surface area contributed by atoms with E-state index in [0.29, 0.717) is 5.56 Å². The van der Waals surface area contributed by atoms with Crippen molar-refractivity contribution in [3.05, 3.63) is 54.4 Å². The lowest BCUT2D eigenvalue weighted by atomic mass is 10.1. The van der Waals surface area contributed by atoms with Crippen molar-refractivity contribution in [1.82, 2.24) is 9.78 Å². The molecule has 0 fully saturated rings. The number of aromatic nitrogens is 2. The van der Waals surface area contributed by atoms with Crippen LogP contribution in [0, 0.1) is 11.3 Å². The van der Waals surface area contributed by atoms with Crippen molar-refractivity contribution < 1.29 is 0 Å². The van der Waals surface area contributed by atoms with E-state index in [4.69, 9.17) is 5.26 Å². The molecule has 1 aromatic heterocycles. The van der Waals surface area contributed by atoms with Crippen LogP contribution in [0.5, 0.6) is 0 Å². The molecule has 0 saturated heterocycles. The zero-order valence-corrected chi connectivity index (χ0v) is 11.2. The average molecular weight is 265 g/mol. The van der Waals surface area contributed by atoms with Crippen molar-refractivity contribution in [3.63, 3.8) is 0 Å². The molecule has 0 atom stereocenters. The van der Waals surface area contributed by atoms with Gasteiger partial charge < -0.3 is 0 Å². The molecule has 2 aromatic carbocycles. The first-order valence-electron chi connectivity index (χ1n) is 5.86. The summed E-state index contributed by atoms with van der Waals surface area (Å²) in [6.45, 7) is 0. The van der Waals surface area contributed by atoms with E-state index in [-0.39, 0.29) is 0 Å². The summed E-state index contributed by atoms with van der Waals surface area (Å²) in [7, 11) is 1.90. The molecule has 4 heteroatoms.